The molecule has 0 aliphatic heterocycles. The van der Waals surface area contributed by atoms with Crippen LogP contribution in [0.3, 0.4) is 0 Å². The third kappa shape index (κ3) is 6.09. The maximum Gasteiger partial charge on any atom is 0.123 e. The van der Waals surface area contributed by atoms with Crippen LogP contribution in [0, 0.1) is 5.82 Å². The molecule has 1 aromatic carbocycles. The molecule has 1 N–H and O–H groups in total. The SMILES string of the molecule is CCCCNC(C)Cc1ccc(F)cc1.Cl. The van der Waals surface area contributed by atoms with Crippen molar-refractivity contribution in [3.05, 3.63) is 35.6 Å². The molecule has 0 aliphatic carbocycles. The van der Waals surface area contributed by atoms with Crippen LogP contribution in [0.5, 0.6) is 0 Å². The van der Waals surface area contributed by atoms with Gasteiger partial charge in [-0.1, -0.05) is 25.5 Å². The Kier molecular flexibility index (Phi) is 8.22. The smallest absolute Gasteiger partial charge is 0.123 e. The van der Waals surface area contributed by atoms with Gasteiger partial charge >= 0.3 is 0 Å². The van der Waals surface area contributed by atoms with Crippen LogP contribution in [0.2, 0.25) is 0 Å². The number of unbranched alkanes of at least 4 members (excludes halogenated alkanes) is 1. The third-order valence-electron chi connectivity index (χ3n) is 2.48. The molecular formula is C13H21ClFN. The van der Waals surface area contributed by atoms with Gasteiger partial charge in [-0.3, -0.25) is 0 Å². The molecule has 1 nitrogen and oxygen atoms in total. The predicted molar refractivity (Wildman–Crippen MR) is 69.7 cm³/mol. The summed E-state index contributed by atoms with van der Waals surface area (Å²) in [6.45, 7) is 5.42. The first kappa shape index (κ1) is 15.4. The largest absolute Gasteiger partial charge is 0.314 e. The third-order valence-corrected chi connectivity index (χ3v) is 2.48. The second-order valence-electron chi connectivity index (χ2n) is 4.04. The van der Waals surface area contributed by atoms with Crippen LogP contribution in [0.4, 0.5) is 4.39 Å². The topological polar surface area (TPSA) is 12.0 Å². The molecular weight excluding hydrogens is 225 g/mol. The van der Waals surface area contributed by atoms with E-state index in [4.69, 9.17) is 0 Å². The molecule has 0 amide bonds. The summed E-state index contributed by atoms with van der Waals surface area (Å²) in [6, 6.07) is 7.21. The molecule has 1 unspecified atom stereocenters. The van der Waals surface area contributed by atoms with Crippen molar-refractivity contribution in [3.8, 4) is 0 Å². The van der Waals surface area contributed by atoms with Gasteiger partial charge in [-0.15, -0.1) is 12.4 Å². The van der Waals surface area contributed by atoms with Gasteiger partial charge in [-0.2, -0.15) is 0 Å². The Balaban J connectivity index is 0.00000225. The van der Waals surface area contributed by atoms with Gasteiger partial charge in [-0.25, -0.2) is 4.39 Å². The fourth-order valence-electron chi connectivity index (χ4n) is 1.57. The fourth-order valence-corrected chi connectivity index (χ4v) is 1.57. The Morgan fingerprint density at radius 2 is 1.88 bits per heavy atom. The van der Waals surface area contributed by atoms with E-state index in [0.717, 1.165) is 13.0 Å². The van der Waals surface area contributed by atoms with Gasteiger partial charge in [0.25, 0.3) is 0 Å². The first-order chi connectivity index (χ1) is 7.22. The van der Waals surface area contributed by atoms with E-state index in [2.05, 4.69) is 19.2 Å². The minimum absolute atomic E-state index is 0. The van der Waals surface area contributed by atoms with Crippen LogP contribution >= 0.6 is 12.4 Å². The van der Waals surface area contributed by atoms with E-state index in [9.17, 15) is 4.39 Å². The second-order valence-corrected chi connectivity index (χ2v) is 4.04. The number of hydrogen-bond donors (Lipinski definition) is 1. The molecule has 0 heterocycles. The monoisotopic (exact) mass is 245 g/mol. The molecule has 3 heteroatoms. The highest BCUT2D eigenvalue weighted by molar-refractivity contribution is 5.85. The normalized spacial score (nSPS) is 11.9. The maximum absolute atomic E-state index is 12.7. The summed E-state index contributed by atoms with van der Waals surface area (Å²) in [6.07, 6.45) is 3.40. The van der Waals surface area contributed by atoms with Crippen molar-refractivity contribution in [2.75, 3.05) is 6.54 Å². The number of halogens is 2. The zero-order valence-corrected chi connectivity index (χ0v) is 10.8. The van der Waals surface area contributed by atoms with Crippen molar-refractivity contribution >= 4 is 12.4 Å². The van der Waals surface area contributed by atoms with Crippen LogP contribution in [0.1, 0.15) is 32.3 Å². The fraction of sp³-hybridized carbons (Fsp3) is 0.538. The van der Waals surface area contributed by atoms with E-state index >= 15 is 0 Å². The zero-order chi connectivity index (χ0) is 11.1. The Morgan fingerprint density at radius 3 is 2.44 bits per heavy atom. The van der Waals surface area contributed by atoms with Crippen LogP contribution in [0.15, 0.2) is 24.3 Å². The Labute approximate surface area is 104 Å². The Morgan fingerprint density at radius 1 is 1.25 bits per heavy atom. The van der Waals surface area contributed by atoms with E-state index in [1.165, 1.54) is 30.5 Å². The Bertz CT molecular complexity index is 274. The van der Waals surface area contributed by atoms with Crippen molar-refractivity contribution in [1.82, 2.24) is 5.32 Å². The van der Waals surface area contributed by atoms with Gasteiger partial charge in [0.2, 0.25) is 0 Å². The molecule has 0 radical (unpaired) electrons. The van der Waals surface area contributed by atoms with E-state index in [1.54, 1.807) is 0 Å². The van der Waals surface area contributed by atoms with Crippen molar-refractivity contribution in [1.29, 1.82) is 0 Å². The average molecular weight is 246 g/mol. The lowest BCUT2D eigenvalue weighted by Crippen LogP contribution is -2.28. The molecule has 0 fully saturated rings. The van der Waals surface area contributed by atoms with Gasteiger partial charge < -0.3 is 5.32 Å². The lowest BCUT2D eigenvalue weighted by Gasteiger charge is -2.13. The summed E-state index contributed by atoms with van der Waals surface area (Å²) in [7, 11) is 0. The van der Waals surface area contributed by atoms with Crippen LogP contribution < -0.4 is 5.32 Å². The summed E-state index contributed by atoms with van der Waals surface area (Å²) < 4.78 is 12.7. The van der Waals surface area contributed by atoms with E-state index < -0.39 is 0 Å². The van der Waals surface area contributed by atoms with Gasteiger partial charge in [-0.05, 0) is 44.0 Å². The van der Waals surface area contributed by atoms with Crippen LogP contribution in [-0.4, -0.2) is 12.6 Å². The van der Waals surface area contributed by atoms with Crippen molar-refractivity contribution in [3.63, 3.8) is 0 Å². The summed E-state index contributed by atoms with van der Waals surface area (Å²) in [4.78, 5) is 0. The molecule has 1 rings (SSSR count). The number of rotatable bonds is 6. The van der Waals surface area contributed by atoms with Gasteiger partial charge in [0.05, 0.1) is 0 Å². The molecule has 0 spiro atoms. The summed E-state index contributed by atoms with van der Waals surface area (Å²) >= 11 is 0. The van der Waals surface area contributed by atoms with E-state index in [0.29, 0.717) is 6.04 Å². The summed E-state index contributed by atoms with van der Waals surface area (Å²) in [5.41, 5.74) is 1.19. The minimum atomic E-state index is -0.162. The minimum Gasteiger partial charge on any atom is -0.314 e. The molecule has 0 bridgehead atoms. The molecule has 0 saturated heterocycles. The zero-order valence-electron chi connectivity index (χ0n) is 10.0. The molecule has 92 valence electrons. The lowest BCUT2D eigenvalue weighted by atomic mass is 10.1. The molecule has 1 atom stereocenters. The number of nitrogens with one attached hydrogen (secondary N) is 1. The van der Waals surface area contributed by atoms with Gasteiger partial charge in [0, 0.05) is 6.04 Å². The first-order valence-electron chi connectivity index (χ1n) is 5.70. The average Bonchev–Trinajstić information content (AvgIpc) is 2.22. The summed E-state index contributed by atoms with van der Waals surface area (Å²) in [5, 5.41) is 3.45. The highest BCUT2D eigenvalue weighted by atomic mass is 35.5. The van der Waals surface area contributed by atoms with Crippen molar-refractivity contribution in [2.45, 2.75) is 39.2 Å². The standard InChI is InChI=1S/C13H20FN.ClH/c1-3-4-9-15-11(2)10-12-5-7-13(14)8-6-12;/h5-8,11,15H,3-4,9-10H2,1-2H3;1H. The van der Waals surface area contributed by atoms with E-state index in [-0.39, 0.29) is 18.2 Å². The molecule has 0 aromatic heterocycles. The second kappa shape index (κ2) is 8.54. The van der Waals surface area contributed by atoms with Crippen LogP contribution in [-0.2, 0) is 6.42 Å². The Hall–Kier alpha value is -0.600. The summed E-state index contributed by atoms with van der Waals surface area (Å²) in [5.74, 6) is -0.162. The van der Waals surface area contributed by atoms with Gasteiger partial charge in [0.15, 0.2) is 0 Å². The highest BCUT2D eigenvalue weighted by Gasteiger charge is 2.02. The number of hydrogen-bond acceptors (Lipinski definition) is 1. The molecule has 16 heavy (non-hydrogen) atoms. The number of benzene rings is 1. The first-order valence-corrected chi connectivity index (χ1v) is 5.70. The molecule has 0 aliphatic rings. The highest BCUT2D eigenvalue weighted by Crippen LogP contribution is 2.05. The van der Waals surface area contributed by atoms with Gasteiger partial charge in [0.1, 0.15) is 5.82 Å². The molecule has 1 aromatic rings. The lowest BCUT2D eigenvalue weighted by molar-refractivity contribution is 0.530. The van der Waals surface area contributed by atoms with Crippen molar-refractivity contribution < 1.29 is 4.39 Å². The quantitative estimate of drug-likeness (QED) is 0.756. The van der Waals surface area contributed by atoms with Crippen LogP contribution in [0.25, 0.3) is 0 Å². The maximum atomic E-state index is 12.7. The molecule has 0 saturated carbocycles. The predicted octanol–water partition coefficient (Wildman–Crippen LogP) is 3.57. The van der Waals surface area contributed by atoms with E-state index in [1.807, 2.05) is 12.1 Å². The van der Waals surface area contributed by atoms with Crippen molar-refractivity contribution in [2.24, 2.45) is 0 Å².